The molecular weight excluding hydrogens is 256 g/mol. The minimum absolute atomic E-state index is 0.728. The third kappa shape index (κ3) is 9.78. The molecule has 1 aliphatic rings. The Bertz CT molecular complexity index is 291. The number of carbonyl (C=O) groups is 1. The number of unbranched alkanes of at least 4 members (excludes halogenated alkanes) is 4. The van der Waals surface area contributed by atoms with Crippen LogP contribution < -0.4 is 10.4 Å². The van der Waals surface area contributed by atoms with E-state index in [1.165, 1.54) is 45.1 Å². The number of aliphatic carboxylic acids is 1. The predicted octanol–water partition coefficient (Wildman–Crippen LogP) is 0.497. The second-order valence-electron chi connectivity index (χ2n) is 5.37. The molecule has 2 atom stereocenters. The molecule has 0 amide bonds. The number of aliphatic hydroxyl groups is 1. The SMILES string of the molecule is CC(O)C(=O)[O-].CCCCCCCC(C)[N+]1=CNCC1. The Labute approximate surface area is 122 Å². The van der Waals surface area contributed by atoms with E-state index in [4.69, 9.17) is 5.11 Å². The molecule has 0 aromatic rings. The van der Waals surface area contributed by atoms with Crippen LogP contribution in [0.5, 0.6) is 0 Å². The molecule has 5 nitrogen and oxygen atoms in total. The zero-order valence-corrected chi connectivity index (χ0v) is 13.1. The van der Waals surface area contributed by atoms with Crippen LogP contribution in [0.3, 0.4) is 0 Å². The molecular formula is C15H30N2O3. The maximum Gasteiger partial charge on any atom is 0.232 e. The molecule has 0 fully saturated rings. The average Bonchev–Trinajstić information content (AvgIpc) is 2.93. The monoisotopic (exact) mass is 286 g/mol. The molecule has 0 aliphatic carbocycles. The summed E-state index contributed by atoms with van der Waals surface area (Å²) < 4.78 is 2.43. The van der Waals surface area contributed by atoms with Crippen molar-refractivity contribution < 1.29 is 19.6 Å². The number of hydrogen-bond donors (Lipinski definition) is 2. The van der Waals surface area contributed by atoms with Crippen molar-refractivity contribution in [1.29, 1.82) is 0 Å². The molecule has 0 saturated heterocycles. The largest absolute Gasteiger partial charge is 0.547 e. The molecule has 0 spiro atoms. The predicted molar refractivity (Wildman–Crippen MR) is 78.7 cm³/mol. The van der Waals surface area contributed by atoms with Crippen molar-refractivity contribution in [3.05, 3.63) is 0 Å². The van der Waals surface area contributed by atoms with Gasteiger partial charge in [-0.05, 0) is 26.7 Å². The highest BCUT2D eigenvalue weighted by molar-refractivity contribution is 5.68. The summed E-state index contributed by atoms with van der Waals surface area (Å²) in [5.74, 6) is -1.44. The Morgan fingerprint density at radius 1 is 1.35 bits per heavy atom. The zero-order chi connectivity index (χ0) is 15.4. The Morgan fingerprint density at radius 2 is 1.95 bits per heavy atom. The first-order chi connectivity index (χ1) is 9.49. The smallest absolute Gasteiger partial charge is 0.232 e. The van der Waals surface area contributed by atoms with E-state index >= 15 is 0 Å². The van der Waals surface area contributed by atoms with Gasteiger partial charge in [0.15, 0.2) is 0 Å². The Kier molecular flexibility index (Phi) is 11.1. The Balaban J connectivity index is 0.000000511. The third-order valence-electron chi connectivity index (χ3n) is 3.40. The van der Waals surface area contributed by atoms with Gasteiger partial charge >= 0.3 is 0 Å². The van der Waals surface area contributed by atoms with Crippen LogP contribution in [0.1, 0.15) is 59.3 Å². The van der Waals surface area contributed by atoms with Gasteiger partial charge in [-0.1, -0.05) is 32.6 Å². The van der Waals surface area contributed by atoms with Crippen LogP contribution in [0.15, 0.2) is 0 Å². The summed E-state index contributed by atoms with van der Waals surface area (Å²) in [5.41, 5.74) is 0. The maximum atomic E-state index is 9.34. The summed E-state index contributed by atoms with van der Waals surface area (Å²) >= 11 is 0. The number of hydrogen-bond acceptors (Lipinski definition) is 4. The summed E-state index contributed by atoms with van der Waals surface area (Å²) in [6.45, 7) is 8.06. The number of carbonyl (C=O) groups excluding carboxylic acids is 1. The van der Waals surface area contributed by atoms with Crippen LogP contribution in [-0.2, 0) is 4.79 Å². The summed E-state index contributed by atoms with van der Waals surface area (Å²) in [6, 6.07) is 0.728. The van der Waals surface area contributed by atoms with Gasteiger partial charge < -0.3 is 15.0 Å². The van der Waals surface area contributed by atoms with Gasteiger partial charge in [-0.2, -0.15) is 0 Å². The van der Waals surface area contributed by atoms with Crippen molar-refractivity contribution in [1.82, 2.24) is 5.32 Å². The van der Waals surface area contributed by atoms with E-state index in [9.17, 15) is 9.90 Å². The number of aliphatic hydroxyl groups excluding tert-OH is 1. The first-order valence-corrected chi connectivity index (χ1v) is 7.70. The van der Waals surface area contributed by atoms with Gasteiger partial charge in [0.05, 0.1) is 18.1 Å². The van der Waals surface area contributed by atoms with Gasteiger partial charge in [-0.15, -0.1) is 0 Å². The molecule has 1 rings (SSSR count). The van der Waals surface area contributed by atoms with E-state index in [1.807, 2.05) is 0 Å². The van der Waals surface area contributed by atoms with Crippen molar-refractivity contribution >= 4 is 12.3 Å². The van der Waals surface area contributed by atoms with Gasteiger partial charge in [0.1, 0.15) is 13.1 Å². The van der Waals surface area contributed by atoms with Crippen LogP contribution in [0, 0.1) is 0 Å². The van der Waals surface area contributed by atoms with Gasteiger partial charge in [-0.25, -0.2) is 0 Å². The lowest BCUT2D eigenvalue weighted by molar-refractivity contribution is -0.550. The van der Waals surface area contributed by atoms with Crippen LogP contribution in [0.25, 0.3) is 0 Å². The third-order valence-corrected chi connectivity index (χ3v) is 3.40. The first-order valence-electron chi connectivity index (χ1n) is 7.70. The Hall–Kier alpha value is -1.10. The lowest BCUT2D eigenvalue weighted by Crippen LogP contribution is -2.32. The van der Waals surface area contributed by atoms with E-state index in [1.54, 1.807) is 0 Å². The van der Waals surface area contributed by atoms with Crippen molar-refractivity contribution in [3.63, 3.8) is 0 Å². The molecule has 20 heavy (non-hydrogen) atoms. The van der Waals surface area contributed by atoms with Crippen LogP contribution >= 0.6 is 0 Å². The second kappa shape index (κ2) is 11.7. The van der Waals surface area contributed by atoms with Crippen LogP contribution in [0.2, 0.25) is 0 Å². The topological polar surface area (TPSA) is 75.4 Å². The highest BCUT2D eigenvalue weighted by Gasteiger charge is 2.15. The number of carboxylic acids is 1. The molecule has 0 aromatic heterocycles. The van der Waals surface area contributed by atoms with E-state index < -0.39 is 12.1 Å². The lowest BCUT2D eigenvalue weighted by atomic mass is 10.1. The molecule has 2 N–H and O–H groups in total. The van der Waals surface area contributed by atoms with Gasteiger partial charge in [0, 0.05) is 0 Å². The highest BCUT2D eigenvalue weighted by Crippen LogP contribution is 2.09. The van der Waals surface area contributed by atoms with E-state index in [-0.39, 0.29) is 0 Å². The van der Waals surface area contributed by atoms with Gasteiger partial charge in [0.2, 0.25) is 6.34 Å². The van der Waals surface area contributed by atoms with Crippen molar-refractivity contribution in [2.45, 2.75) is 71.4 Å². The molecule has 0 bridgehead atoms. The summed E-state index contributed by atoms with van der Waals surface area (Å²) in [4.78, 5) is 9.34. The summed E-state index contributed by atoms with van der Waals surface area (Å²) in [6.07, 6.45) is 9.14. The zero-order valence-electron chi connectivity index (χ0n) is 13.1. The Morgan fingerprint density at radius 3 is 2.40 bits per heavy atom. The van der Waals surface area contributed by atoms with E-state index in [2.05, 4.69) is 30.1 Å². The van der Waals surface area contributed by atoms with Crippen molar-refractivity contribution in [2.24, 2.45) is 0 Å². The summed E-state index contributed by atoms with van der Waals surface area (Å²) in [5, 5.41) is 20.6. The van der Waals surface area contributed by atoms with Crippen LogP contribution in [0.4, 0.5) is 0 Å². The first kappa shape index (κ1) is 18.9. The average molecular weight is 286 g/mol. The quantitative estimate of drug-likeness (QED) is 0.503. The van der Waals surface area contributed by atoms with Crippen molar-refractivity contribution in [2.75, 3.05) is 13.1 Å². The fraction of sp³-hybridized carbons (Fsp3) is 0.867. The normalized spacial score (nSPS) is 16.5. The lowest BCUT2D eigenvalue weighted by Gasteiger charge is -2.10. The molecule has 0 saturated carbocycles. The molecule has 118 valence electrons. The minimum atomic E-state index is -1.44. The van der Waals surface area contributed by atoms with E-state index in [0.717, 1.165) is 19.5 Å². The molecule has 0 radical (unpaired) electrons. The molecule has 1 heterocycles. The molecule has 0 aromatic carbocycles. The summed E-state index contributed by atoms with van der Waals surface area (Å²) in [7, 11) is 0. The fourth-order valence-corrected chi connectivity index (χ4v) is 2.00. The number of rotatable bonds is 8. The number of nitrogens with one attached hydrogen (secondary N) is 1. The fourth-order valence-electron chi connectivity index (χ4n) is 2.00. The number of nitrogens with zero attached hydrogens (tertiary/aromatic N) is 1. The van der Waals surface area contributed by atoms with E-state index in [0.29, 0.717) is 0 Å². The molecule has 2 unspecified atom stereocenters. The number of carboxylic acid groups (broad SMARTS) is 1. The van der Waals surface area contributed by atoms with Crippen LogP contribution in [-0.4, -0.2) is 47.2 Å². The van der Waals surface area contributed by atoms with Crippen molar-refractivity contribution in [3.8, 4) is 0 Å². The maximum absolute atomic E-state index is 9.34. The highest BCUT2D eigenvalue weighted by atomic mass is 16.4. The van der Waals surface area contributed by atoms with Gasteiger partial charge in [-0.3, -0.25) is 9.89 Å². The standard InChI is InChI=1S/C12H24N2.C3H6O3/c1-3-4-5-6-7-8-12(2)14-10-9-13-11-14;1-2(4)3(5)6/h11-12H,3-10H2,1-2H3;2,4H,1H3,(H,5,6). The molecule has 5 heteroatoms. The molecule has 1 aliphatic heterocycles. The van der Waals surface area contributed by atoms with Gasteiger partial charge in [0.25, 0.3) is 0 Å². The minimum Gasteiger partial charge on any atom is -0.547 e. The second-order valence-corrected chi connectivity index (χ2v) is 5.37.